The molecule has 2 heterocycles. The lowest BCUT2D eigenvalue weighted by atomic mass is 9.99. The molecular formula is C20H15F4N3S. The third-order valence-electron chi connectivity index (χ3n) is 4.38. The molecule has 0 aliphatic carbocycles. The predicted molar refractivity (Wildman–Crippen MR) is 103 cm³/mol. The third-order valence-corrected chi connectivity index (χ3v) is 5.34. The molecule has 0 N–H and O–H groups in total. The van der Waals surface area contributed by atoms with Gasteiger partial charge in [0.05, 0.1) is 17.1 Å². The van der Waals surface area contributed by atoms with Gasteiger partial charge >= 0.3 is 6.18 Å². The number of halogens is 4. The molecule has 0 radical (unpaired) electrons. The monoisotopic (exact) mass is 405 g/mol. The Labute approximate surface area is 163 Å². The van der Waals surface area contributed by atoms with Crippen LogP contribution in [0.5, 0.6) is 0 Å². The molecule has 0 saturated carbocycles. The van der Waals surface area contributed by atoms with Crippen molar-refractivity contribution in [2.24, 2.45) is 0 Å². The Morgan fingerprint density at radius 3 is 2.21 bits per heavy atom. The first kappa shape index (κ1) is 18.7. The number of hydrogen-bond donors (Lipinski definition) is 0. The van der Waals surface area contributed by atoms with E-state index in [1.165, 1.54) is 24.3 Å². The van der Waals surface area contributed by atoms with Gasteiger partial charge in [-0.2, -0.15) is 13.2 Å². The van der Waals surface area contributed by atoms with Gasteiger partial charge in [0.15, 0.2) is 0 Å². The Morgan fingerprint density at radius 1 is 0.893 bits per heavy atom. The van der Waals surface area contributed by atoms with Gasteiger partial charge in [-0.1, -0.05) is 30.3 Å². The molecule has 3 aromatic rings. The largest absolute Gasteiger partial charge is 0.451 e. The van der Waals surface area contributed by atoms with Crippen LogP contribution in [0.3, 0.4) is 0 Å². The standard InChI is InChI=1S/C20H15F4N3S/c21-15-8-6-14(7-9-15)17-16(13-4-2-1-3-5-13)18(27-10-11-28-12-27)26-19(25-17)20(22,23)24/h1-9H,10-12H2. The minimum absolute atomic E-state index is 0.139. The molecule has 1 fully saturated rings. The van der Waals surface area contributed by atoms with Crippen LogP contribution in [0.1, 0.15) is 5.82 Å². The first-order valence-electron chi connectivity index (χ1n) is 8.57. The van der Waals surface area contributed by atoms with E-state index in [2.05, 4.69) is 9.97 Å². The number of alkyl halides is 3. The van der Waals surface area contributed by atoms with Crippen molar-refractivity contribution in [3.63, 3.8) is 0 Å². The zero-order chi connectivity index (χ0) is 19.7. The molecular weight excluding hydrogens is 390 g/mol. The molecule has 144 valence electrons. The Bertz CT molecular complexity index is 969. The van der Waals surface area contributed by atoms with E-state index >= 15 is 0 Å². The molecule has 0 amide bonds. The van der Waals surface area contributed by atoms with E-state index in [1.54, 1.807) is 11.8 Å². The van der Waals surface area contributed by atoms with Crippen molar-refractivity contribution in [3.8, 4) is 22.4 Å². The molecule has 0 unspecified atom stereocenters. The topological polar surface area (TPSA) is 29.0 Å². The van der Waals surface area contributed by atoms with Crippen LogP contribution in [-0.4, -0.2) is 28.1 Å². The molecule has 0 spiro atoms. The second kappa shape index (κ2) is 7.43. The van der Waals surface area contributed by atoms with Crippen molar-refractivity contribution >= 4 is 17.6 Å². The quantitative estimate of drug-likeness (QED) is 0.540. The molecule has 1 aromatic heterocycles. The number of nitrogens with zero attached hydrogens (tertiary/aromatic N) is 3. The van der Waals surface area contributed by atoms with E-state index in [1.807, 2.05) is 35.2 Å². The van der Waals surface area contributed by atoms with Crippen molar-refractivity contribution in [1.29, 1.82) is 0 Å². The summed E-state index contributed by atoms with van der Waals surface area (Å²) in [4.78, 5) is 9.60. The molecule has 0 bridgehead atoms. The maximum Gasteiger partial charge on any atom is 0.451 e. The first-order chi connectivity index (χ1) is 13.4. The summed E-state index contributed by atoms with van der Waals surface area (Å²) in [6.07, 6.45) is -4.69. The Balaban J connectivity index is 2.03. The number of aromatic nitrogens is 2. The van der Waals surface area contributed by atoms with Gasteiger partial charge in [-0.05, 0) is 29.8 Å². The van der Waals surface area contributed by atoms with Gasteiger partial charge in [0.1, 0.15) is 11.6 Å². The van der Waals surface area contributed by atoms with Crippen LogP contribution >= 0.6 is 11.8 Å². The second-order valence-electron chi connectivity index (χ2n) is 6.27. The van der Waals surface area contributed by atoms with Crippen LogP contribution in [-0.2, 0) is 6.18 Å². The molecule has 2 aromatic carbocycles. The summed E-state index contributed by atoms with van der Waals surface area (Å²) in [5.74, 6) is -0.0508. The van der Waals surface area contributed by atoms with E-state index in [0.29, 0.717) is 29.1 Å². The van der Waals surface area contributed by atoms with Crippen LogP contribution in [0.2, 0.25) is 0 Å². The highest BCUT2D eigenvalue weighted by molar-refractivity contribution is 7.99. The summed E-state index contributed by atoms with van der Waals surface area (Å²) in [6, 6.07) is 14.4. The van der Waals surface area contributed by atoms with Gasteiger partial charge in [-0.3, -0.25) is 0 Å². The van der Waals surface area contributed by atoms with Gasteiger partial charge in [0.25, 0.3) is 0 Å². The minimum atomic E-state index is -4.69. The molecule has 28 heavy (non-hydrogen) atoms. The maximum atomic E-state index is 13.5. The van der Waals surface area contributed by atoms with E-state index < -0.39 is 17.8 Å². The smallest absolute Gasteiger partial charge is 0.346 e. The zero-order valence-electron chi connectivity index (χ0n) is 14.6. The highest BCUT2D eigenvalue weighted by atomic mass is 32.2. The summed E-state index contributed by atoms with van der Waals surface area (Å²) < 4.78 is 54.0. The van der Waals surface area contributed by atoms with Gasteiger partial charge in [0, 0.05) is 17.9 Å². The summed E-state index contributed by atoms with van der Waals surface area (Å²) in [7, 11) is 0. The Kier molecular flexibility index (Phi) is 4.97. The minimum Gasteiger partial charge on any atom is -0.346 e. The highest BCUT2D eigenvalue weighted by Gasteiger charge is 2.37. The lowest BCUT2D eigenvalue weighted by Crippen LogP contribution is -2.23. The van der Waals surface area contributed by atoms with Crippen LogP contribution in [0.15, 0.2) is 54.6 Å². The van der Waals surface area contributed by atoms with Crippen molar-refractivity contribution < 1.29 is 17.6 Å². The average Bonchev–Trinajstić information content (AvgIpc) is 3.22. The van der Waals surface area contributed by atoms with Gasteiger partial charge in [0.2, 0.25) is 5.82 Å². The molecule has 3 nitrogen and oxygen atoms in total. The summed E-state index contributed by atoms with van der Waals surface area (Å²) in [5, 5.41) is 0. The molecule has 1 aliphatic heterocycles. The van der Waals surface area contributed by atoms with Crippen molar-refractivity contribution in [2.75, 3.05) is 23.1 Å². The molecule has 1 saturated heterocycles. The average molecular weight is 405 g/mol. The van der Waals surface area contributed by atoms with E-state index in [4.69, 9.17) is 0 Å². The normalized spacial score (nSPS) is 14.5. The number of thioether (sulfide) groups is 1. The molecule has 1 aliphatic rings. The molecule has 8 heteroatoms. The van der Waals surface area contributed by atoms with Crippen LogP contribution < -0.4 is 4.90 Å². The van der Waals surface area contributed by atoms with Crippen LogP contribution in [0, 0.1) is 5.82 Å². The fourth-order valence-corrected chi connectivity index (χ4v) is 4.02. The van der Waals surface area contributed by atoms with Crippen LogP contribution in [0.25, 0.3) is 22.4 Å². The second-order valence-corrected chi connectivity index (χ2v) is 7.34. The molecule has 4 rings (SSSR count). The Hall–Kier alpha value is -2.61. The fraction of sp³-hybridized carbons (Fsp3) is 0.200. The summed E-state index contributed by atoms with van der Waals surface area (Å²) in [5.41, 5.74) is 1.77. The Morgan fingerprint density at radius 2 is 1.61 bits per heavy atom. The molecule has 0 atom stereocenters. The maximum absolute atomic E-state index is 13.5. The number of hydrogen-bond acceptors (Lipinski definition) is 4. The number of anilines is 1. The highest BCUT2D eigenvalue weighted by Crippen LogP contribution is 2.41. The predicted octanol–water partition coefficient (Wildman–Crippen LogP) is 5.48. The number of benzene rings is 2. The van der Waals surface area contributed by atoms with Gasteiger partial charge in [-0.15, -0.1) is 11.8 Å². The van der Waals surface area contributed by atoms with E-state index in [-0.39, 0.29) is 11.5 Å². The van der Waals surface area contributed by atoms with E-state index in [9.17, 15) is 17.6 Å². The fourth-order valence-electron chi connectivity index (χ4n) is 3.07. The number of rotatable bonds is 3. The SMILES string of the molecule is Fc1ccc(-c2nc(C(F)(F)F)nc(N3CCSC3)c2-c2ccccc2)cc1. The van der Waals surface area contributed by atoms with Crippen molar-refractivity contribution in [2.45, 2.75) is 6.18 Å². The van der Waals surface area contributed by atoms with Crippen molar-refractivity contribution in [3.05, 3.63) is 66.2 Å². The lowest BCUT2D eigenvalue weighted by molar-refractivity contribution is -0.144. The van der Waals surface area contributed by atoms with Crippen molar-refractivity contribution in [1.82, 2.24) is 9.97 Å². The van der Waals surface area contributed by atoms with Gasteiger partial charge < -0.3 is 4.90 Å². The van der Waals surface area contributed by atoms with Crippen LogP contribution in [0.4, 0.5) is 23.4 Å². The summed E-state index contributed by atoms with van der Waals surface area (Å²) in [6.45, 7) is 0.599. The third kappa shape index (κ3) is 3.69. The van der Waals surface area contributed by atoms with E-state index in [0.717, 1.165) is 5.75 Å². The summed E-state index contributed by atoms with van der Waals surface area (Å²) >= 11 is 1.63. The van der Waals surface area contributed by atoms with Gasteiger partial charge in [-0.25, -0.2) is 14.4 Å². The lowest BCUT2D eigenvalue weighted by Gasteiger charge is -2.23. The zero-order valence-corrected chi connectivity index (χ0v) is 15.4. The first-order valence-corrected chi connectivity index (χ1v) is 9.72.